The number of hydrogen-bond donors (Lipinski definition) is 1. The van der Waals surface area contributed by atoms with E-state index in [2.05, 4.69) is 86.5 Å². The number of piperazine rings is 1. The van der Waals surface area contributed by atoms with Gasteiger partial charge in [-0.05, 0) is 67.2 Å². The molecule has 0 aliphatic carbocycles. The van der Waals surface area contributed by atoms with Gasteiger partial charge in [0.1, 0.15) is 11.6 Å². The normalized spacial score (nSPS) is 16.3. The average Bonchev–Trinajstić information content (AvgIpc) is 3.31. The molecule has 1 N–H and O–H groups in total. The summed E-state index contributed by atoms with van der Waals surface area (Å²) in [6, 6.07) is 12.7. The number of hydrogen-bond acceptors (Lipinski definition) is 6. The molecule has 34 heavy (non-hydrogen) atoms. The van der Waals surface area contributed by atoms with Crippen LogP contribution in [0.2, 0.25) is 0 Å². The zero-order valence-corrected chi connectivity index (χ0v) is 20.6. The third kappa shape index (κ3) is 5.88. The Bertz CT molecular complexity index is 1220. The van der Waals surface area contributed by atoms with E-state index in [0.29, 0.717) is 0 Å². The number of benzene rings is 1. The van der Waals surface area contributed by atoms with Crippen molar-refractivity contribution in [2.75, 3.05) is 50.5 Å². The Balaban J connectivity index is 0.000000162. The minimum atomic E-state index is 0.896. The molecular weight excluding hydrogens is 420 g/mol. The van der Waals surface area contributed by atoms with Crippen LogP contribution in [0.5, 0.6) is 0 Å². The van der Waals surface area contributed by atoms with Crippen molar-refractivity contribution in [2.45, 2.75) is 20.3 Å². The van der Waals surface area contributed by atoms with Crippen molar-refractivity contribution in [3.8, 4) is 0 Å². The van der Waals surface area contributed by atoms with Gasteiger partial charge in [0.25, 0.3) is 0 Å². The molecule has 176 valence electrons. The first-order valence-corrected chi connectivity index (χ1v) is 11.9. The fourth-order valence-electron chi connectivity index (χ4n) is 4.15. The molecule has 6 nitrogen and oxygen atoms in total. The van der Waals surface area contributed by atoms with E-state index >= 15 is 0 Å². The number of allylic oxidation sites excluding steroid dienone is 2. The van der Waals surface area contributed by atoms with Gasteiger partial charge >= 0.3 is 0 Å². The SMILES string of the molecule is C/C=C\c1ccnc(N2CCN(C)CC2)c1.CNc1cc2cc(C3=CN=C(C)C3)ccc2cn1. The standard InChI is InChI=1S/C15H15N3.C13H19N3/c1-10-5-14(9-17-10)11-3-4-12-8-18-15(16-2)7-13(12)6-11;1-3-4-12-5-6-14-13(11-12)16-9-7-15(2)8-10-16/h3-4,6-9H,5H2,1-2H3,(H,16,18);3-6,11H,7-10H2,1-2H3/b;4-3-. The summed E-state index contributed by atoms with van der Waals surface area (Å²) in [4.78, 5) is 17.8. The molecule has 1 saturated heterocycles. The van der Waals surface area contributed by atoms with Crippen LogP contribution < -0.4 is 10.2 Å². The molecule has 2 aromatic heterocycles. The molecule has 0 bridgehead atoms. The molecule has 0 atom stereocenters. The van der Waals surface area contributed by atoms with E-state index in [1.807, 2.05) is 38.6 Å². The predicted octanol–water partition coefficient (Wildman–Crippen LogP) is 5.35. The summed E-state index contributed by atoms with van der Waals surface area (Å²) in [5.41, 5.74) is 4.94. The molecule has 1 aromatic carbocycles. The van der Waals surface area contributed by atoms with E-state index in [4.69, 9.17) is 0 Å². The quantitative estimate of drug-likeness (QED) is 0.576. The first-order chi connectivity index (χ1) is 16.6. The lowest BCUT2D eigenvalue weighted by molar-refractivity contribution is 0.312. The van der Waals surface area contributed by atoms with Crippen molar-refractivity contribution in [1.29, 1.82) is 0 Å². The van der Waals surface area contributed by atoms with E-state index in [9.17, 15) is 0 Å². The van der Waals surface area contributed by atoms with Crippen molar-refractivity contribution in [2.24, 2.45) is 4.99 Å². The fourth-order valence-corrected chi connectivity index (χ4v) is 4.15. The Hall–Kier alpha value is -3.51. The highest BCUT2D eigenvalue weighted by Gasteiger charge is 2.15. The molecule has 5 rings (SSSR count). The van der Waals surface area contributed by atoms with E-state index in [1.165, 1.54) is 27.8 Å². The summed E-state index contributed by atoms with van der Waals surface area (Å²) in [5, 5.41) is 5.43. The Kier molecular flexibility index (Phi) is 7.70. The van der Waals surface area contributed by atoms with Crippen LogP contribution in [0.25, 0.3) is 22.4 Å². The zero-order chi connectivity index (χ0) is 23.9. The summed E-state index contributed by atoms with van der Waals surface area (Å²) in [6.07, 6.45) is 10.9. The van der Waals surface area contributed by atoms with Gasteiger partial charge < -0.3 is 15.1 Å². The maximum absolute atomic E-state index is 4.44. The van der Waals surface area contributed by atoms with Crippen LogP contribution in [0.1, 0.15) is 31.4 Å². The summed E-state index contributed by atoms with van der Waals surface area (Å²) in [7, 11) is 4.05. The van der Waals surface area contributed by atoms with Gasteiger partial charge in [0.2, 0.25) is 0 Å². The van der Waals surface area contributed by atoms with Gasteiger partial charge in [-0.25, -0.2) is 9.97 Å². The van der Waals surface area contributed by atoms with E-state index in [1.54, 1.807) is 0 Å². The second-order valence-corrected chi connectivity index (χ2v) is 8.81. The monoisotopic (exact) mass is 454 g/mol. The number of anilines is 2. The largest absolute Gasteiger partial charge is 0.373 e. The Labute approximate surface area is 202 Å². The van der Waals surface area contributed by atoms with Crippen LogP contribution in [-0.4, -0.2) is 60.9 Å². The number of aliphatic imine (C=N–C) groups is 1. The Morgan fingerprint density at radius 1 is 0.971 bits per heavy atom. The molecule has 6 heteroatoms. The molecule has 4 heterocycles. The Morgan fingerprint density at radius 3 is 2.50 bits per heavy atom. The second-order valence-electron chi connectivity index (χ2n) is 8.81. The molecular formula is C28H34N6. The minimum absolute atomic E-state index is 0.896. The summed E-state index contributed by atoms with van der Waals surface area (Å²) < 4.78 is 0. The van der Waals surface area contributed by atoms with Crippen molar-refractivity contribution in [3.63, 3.8) is 0 Å². The lowest BCUT2D eigenvalue weighted by Crippen LogP contribution is -2.44. The molecule has 0 spiro atoms. The average molecular weight is 455 g/mol. The number of nitrogens with one attached hydrogen (secondary N) is 1. The minimum Gasteiger partial charge on any atom is -0.373 e. The van der Waals surface area contributed by atoms with E-state index < -0.39 is 0 Å². The van der Waals surface area contributed by atoms with Crippen LogP contribution in [0, 0.1) is 0 Å². The lowest BCUT2D eigenvalue weighted by Gasteiger charge is -2.33. The number of aromatic nitrogens is 2. The van der Waals surface area contributed by atoms with Gasteiger partial charge in [-0.1, -0.05) is 24.3 Å². The van der Waals surface area contributed by atoms with E-state index in [-0.39, 0.29) is 0 Å². The highest BCUT2D eigenvalue weighted by molar-refractivity contribution is 5.98. The maximum atomic E-state index is 4.44. The third-order valence-corrected chi connectivity index (χ3v) is 6.19. The molecule has 0 unspecified atom stereocenters. The van der Waals surface area contributed by atoms with Gasteiger partial charge in [0.15, 0.2) is 0 Å². The highest BCUT2D eigenvalue weighted by atomic mass is 15.3. The van der Waals surface area contributed by atoms with Gasteiger partial charge in [-0.15, -0.1) is 0 Å². The topological polar surface area (TPSA) is 56.7 Å². The van der Waals surface area contributed by atoms with Crippen LogP contribution in [-0.2, 0) is 0 Å². The van der Waals surface area contributed by atoms with Crippen molar-refractivity contribution in [1.82, 2.24) is 14.9 Å². The Morgan fingerprint density at radius 2 is 1.79 bits per heavy atom. The van der Waals surface area contributed by atoms with Crippen LogP contribution in [0.15, 0.2) is 66.1 Å². The molecule has 1 fully saturated rings. The van der Waals surface area contributed by atoms with Gasteiger partial charge in [0, 0.05) is 69.3 Å². The summed E-state index contributed by atoms with van der Waals surface area (Å²) in [5.74, 6) is 2.00. The highest BCUT2D eigenvalue weighted by Crippen LogP contribution is 2.27. The van der Waals surface area contributed by atoms with Crippen LogP contribution >= 0.6 is 0 Å². The molecule has 0 amide bonds. The number of nitrogens with zero attached hydrogens (tertiary/aromatic N) is 5. The number of fused-ring (bicyclic) bond motifs is 1. The lowest BCUT2D eigenvalue weighted by atomic mass is 10.0. The molecule has 0 saturated carbocycles. The van der Waals surface area contributed by atoms with Crippen molar-refractivity contribution in [3.05, 3.63) is 72.2 Å². The third-order valence-electron chi connectivity index (χ3n) is 6.19. The zero-order valence-electron chi connectivity index (χ0n) is 20.6. The number of rotatable bonds is 4. The first-order valence-electron chi connectivity index (χ1n) is 11.9. The van der Waals surface area contributed by atoms with Crippen molar-refractivity contribution >= 4 is 39.8 Å². The van der Waals surface area contributed by atoms with Crippen LogP contribution in [0.4, 0.5) is 11.6 Å². The molecule has 3 aromatic rings. The molecule has 2 aliphatic heterocycles. The van der Waals surface area contributed by atoms with Gasteiger partial charge in [-0.3, -0.25) is 4.99 Å². The molecule has 0 radical (unpaired) electrons. The second kappa shape index (κ2) is 11.1. The first kappa shape index (κ1) is 23.6. The smallest absolute Gasteiger partial charge is 0.129 e. The summed E-state index contributed by atoms with van der Waals surface area (Å²) >= 11 is 0. The molecule has 2 aliphatic rings. The summed E-state index contributed by atoms with van der Waals surface area (Å²) in [6.45, 7) is 8.49. The van der Waals surface area contributed by atoms with Gasteiger partial charge in [0.05, 0.1) is 0 Å². The van der Waals surface area contributed by atoms with Crippen molar-refractivity contribution < 1.29 is 0 Å². The number of likely N-dealkylation sites (N-methyl/N-ethyl adjacent to an activating group) is 1. The fraction of sp³-hybridized carbons (Fsp3) is 0.321. The maximum Gasteiger partial charge on any atom is 0.129 e. The van der Waals surface area contributed by atoms with Gasteiger partial charge in [-0.2, -0.15) is 0 Å². The number of pyridine rings is 2. The van der Waals surface area contributed by atoms with Crippen LogP contribution in [0.3, 0.4) is 0 Å². The van der Waals surface area contributed by atoms with E-state index in [0.717, 1.165) is 49.6 Å². The predicted molar refractivity (Wildman–Crippen MR) is 146 cm³/mol.